The fraction of sp³-hybridized carbons (Fsp3) is 0.600. The van der Waals surface area contributed by atoms with Crippen molar-refractivity contribution in [2.24, 2.45) is 17.6 Å². The lowest BCUT2D eigenvalue weighted by Crippen LogP contribution is -2.33. The lowest BCUT2D eigenvalue weighted by molar-refractivity contribution is 0.227. The molecule has 1 aromatic carbocycles. The molecule has 2 N–H and O–H groups in total. The number of rotatable bonds is 4. The Morgan fingerprint density at radius 3 is 2.79 bits per heavy atom. The van der Waals surface area contributed by atoms with Crippen LogP contribution in [0, 0.1) is 17.7 Å². The first-order valence-corrected chi connectivity index (χ1v) is 7.71. The molecular weight excluding hydrogens is 307 g/mol. The summed E-state index contributed by atoms with van der Waals surface area (Å²) in [5, 5.41) is 0. The highest BCUT2D eigenvalue weighted by Gasteiger charge is 2.31. The molecule has 0 saturated carbocycles. The Morgan fingerprint density at radius 2 is 2.21 bits per heavy atom. The van der Waals surface area contributed by atoms with E-state index in [1.165, 1.54) is 12.5 Å². The summed E-state index contributed by atoms with van der Waals surface area (Å²) in [4.78, 5) is 2.33. The third-order valence-electron chi connectivity index (χ3n) is 4.18. The Morgan fingerprint density at radius 1 is 1.47 bits per heavy atom. The molecule has 0 bridgehead atoms. The van der Waals surface area contributed by atoms with E-state index < -0.39 is 0 Å². The van der Waals surface area contributed by atoms with Crippen molar-refractivity contribution < 1.29 is 4.39 Å². The zero-order valence-corrected chi connectivity index (χ0v) is 13.2. The van der Waals surface area contributed by atoms with E-state index in [2.05, 4.69) is 34.7 Å². The van der Waals surface area contributed by atoms with Crippen molar-refractivity contribution in [1.82, 2.24) is 4.90 Å². The Hall–Kier alpha value is -0.450. The SMILES string of the molecule is CC(C)C1CCN(C(CN)c2cc(Br)ccc2F)C1. The summed E-state index contributed by atoms with van der Waals surface area (Å²) in [6.07, 6.45) is 1.18. The van der Waals surface area contributed by atoms with Gasteiger partial charge < -0.3 is 5.73 Å². The number of nitrogens with zero attached hydrogens (tertiary/aromatic N) is 1. The van der Waals surface area contributed by atoms with Crippen molar-refractivity contribution in [3.8, 4) is 0 Å². The molecule has 0 aliphatic carbocycles. The highest BCUT2D eigenvalue weighted by molar-refractivity contribution is 9.10. The lowest BCUT2D eigenvalue weighted by Gasteiger charge is -2.28. The van der Waals surface area contributed by atoms with Crippen LogP contribution in [0.15, 0.2) is 22.7 Å². The van der Waals surface area contributed by atoms with Gasteiger partial charge in [-0.15, -0.1) is 0 Å². The first kappa shape index (κ1) is 14.9. The molecule has 1 aromatic rings. The summed E-state index contributed by atoms with van der Waals surface area (Å²) in [6.45, 7) is 7.00. The van der Waals surface area contributed by atoms with Crippen LogP contribution >= 0.6 is 15.9 Å². The maximum Gasteiger partial charge on any atom is 0.128 e. The number of halogens is 2. The molecule has 0 spiro atoms. The van der Waals surface area contributed by atoms with Crippen molar-refractivity contribution in [3.05, 3.63) is 34.1 Å². The Balaban J connectivity index is 2.19. The predicted molar refractivity (Wildman–Crippen MR) is 80.4 cm³/mol. The monoisotopic (exact) mass is 328 g/mol. The van der Waals surface area contributed by atoms with Gasteiger partial charge in [0.15, 0.2) is 0 Å². The van der Waals surface area contributed by atoms with Gasteiger partial charge >= 0.3 is 0 Å². The highest BCUT2D eigenvalue weighted by Crippen LogP contribution is 2.32. The molecule has 1 saturated heterocycles. The molecule has 1 aliphatic rings. The van der Waals surface area contributed by atoms with Gasteiger partial charge in [-0.25, -0.2) is 4.39 Å². The number of hydrogen-bond donors (Lipinski definition) is 1. The second-order valence-corrected chi connectivity index (χ2v) is 6.62. The summed E-state index contributed by atoms with van der Waals surface area (Å²) in [5.41, 5.74) is 6.61. The van der Waals surface area contributed by atoms with Crippen molar-refractivity contribution in [2.75, 3.05) is 19.6 Å². The topological polar surface area (TPSA) is 29.3 Å². The van der Waals surface area contributed by atoms with Crippen LogP contribution in [-0.2, 0) is 0 Å². The number of likely N-dealkylation sites (tertiary alicyclic amines) is 1. The second-order valence-electron chi connectivity index (χ2n) is 5.71. The maximum atomic E-state index is 14.0. The van der Waals surface area contributed by atoms with E-state index in [9.17, 15) is 4.39 Å². The molecule has 0 aromatic heterocycles. The first-order valence-electron chi connectivity index (χ1n) is 6.92. The zero-order chi connectivity index (χ0) is 14.0. The molecular formula is C15H22BrFN2. The average Bonchev–Trinajstić information content (AvgIpc) is 2.84. The molecule has 2 nitrogen and oxygen atoms in total. The summed E-state index contributed by atoms with van der Waals surface area (Å²) >= 11 is 3.41. The van der Waals surface area contributed by atoms with Crippen LogP contribution in [0.25, 0.3) is 0 Å². The van der Waals surface area contributed by atoms with E-state index in [-0.39, 0.29) is 11.9 Å². The summed E-state index contributed by atoms with van der Waals surface area (Å²) < 4.78 is 14.9. The van der Waals surface area contributed by atoms with E-state index in [4.69, 9.17) is 5.73 Å². The fourth-order valence-electron chi connectivity index (χ4n) is 2.89. The maximum absolute atomic E-state index is 14.0. The van der Waals surface area contributed by atoms with Crippen LogP contribution in [0.3, 0.4) is 0 Å². The average molecular weight is 329 g/mol. The molecule has 2 unspecified atom stereocenters. The third kappa shape index (κ3) is 3.36. The van der Waals surface area contributed by atoms with Crippen LogP contribution < -0.4 is 5.73 Å². The van der Waals surface area contributed by atoms with Crippen LogP contribution in [0.5, 0.6) is 0 Å². The van der Waals surface area contributed by atoms with Gasteiger partial charge in [-0.05, 0) is 43.0 Å². The predicted octanol–water partition coefficient (Wildman–Crippen LogP) is 3.57. The number of nitrogens with two attached hydrogens (primary N) is 1. The van der Waals surface area contributed by atoms with Gasteiger partial charge in [0, 0.05) is 29.2 Å². The van der Waals surface area contributed by atoms with E-state index >= 15 is 0 Å². The van der Waals surface area contributed by atoms with Crippen LogP contribution in [-0.4, -0.2) is 24.5 Å². The summed E-state index contributed by atoms with van der Waals surface area (Å²) in [5.74, 6) is 1.21. The molecule has 106 valence electrons. The molecule has 1 aliphatic heterocycles. The quantitative estimate of drug-likeness (QED) is 0.915. The Bertz CT molecular complexity index is 436. The standard InChI is InChI=1S/C15H22BrFN2/c1-10(2)11-5-6-19(9-11)15(8-18)13-7-12(16)3-4-14(13)17/h3-4,7,10-11,15H,5-6,8-9,18H2,1-2H3. The van der Waals surface area contributed by atoms with Gasteiger partial charge in [-0.2, -0.15) is 0 Å². The van der Waals surface area contributed by atoms with Crippen LogP contribution in [0.1, 0.15) is 31.9 Å². The lowest BCUT2D eigenvalue weighted by atomic mass is 9.95. The van der Waals surface area contributed by atoms with Crippen molar-refractivity contribution >= 4 is 15.9 Å². The number of benzene rings is 1. The minimum absolute atomic E-state index is 0.0127. The van der Waals surface area contributed by atoms with Gasteiger partial charge in [0.2, 0.25) is 0 Å². The van der Waals surface area contributed by atoms with Gasteiger partial charge in [0.05, 0.1) is 0 Å². The van der Waals surface area contributed by atoms with Gasteiger partial charge in [-0.3, -0.25) is 4.90 Å². The molecule has 2 atom stereocenters. The first-order chi connectivity index (χ1) is 9.02. The van der Waals surface area contributed by atoms with E-state index in [0.717, 1.165) is 17.6 Å². The summed E-state index contributed by atoms with van der Waals surface area (Å²) in [6, 6.07) is 5.09. The highest BCUT2D eigenvalue weighted by atomic mass is 79.9. The zero-order valence-electron chi connectivity index (χ0n) is 11.6. The minimum atomic E-state index is -0.161. The normalized spacial score (nSPS) is 22.1. The molecule has 1 heterocycles. The van der Waals surface area contributed by atoms with E-state index in [1.54, 1.807) is 6.07 Å². The summed E-state index contributed by atoms with van der Waals surface area (Å²) in [7, 11) is 0. The van der Waals surface area contributed by atoms with Gasteiger partial charge in [0.1, 0.15) is 5.82 Å². The van der Waals surface area contributed by atoms with E-state index in [1.807, 2.05) is 6.07 Å². The second kappa shape index (κ2) is 6.33. The van der Waals surface area contributed by atoms with Crippen molar-refractivity contribution in [3.63, 3.8) is 0 Å². The molecule has 0 radical (unpaired) electrons. The van der Waals surface area contributed by atoms with Crippen molar-refractivity contribution in [2.45, 2.75) is 26.3 Å². The molecule has 4 heteroatoms. The largest absolute Gasteiger partial charge is 0.329 e. The molecule has 2 rings (SSSR count). The minimum Gasteiger partial charge on any atom is -0.329 e. The van der Waals surface area contributed by atoms with Crippen molar-refractivity contribution in [1.29, 1.82) is 0 Å². The fourth-order valence-corrected chi connectivity index (χ4v) is 3.26. The molecule has 1 fully saturated rings. The van der Waals surface area contributed by atoms with Crippen LogP contribution in [0.2, 0.25) is 0 Å². The third-order valence-corrected chi connectivity index (χ3v) is 4.67. The van der Waals surface area contributed by atoms with Gasteiger partial charge in [0.25, 0.3) is 0 Å². The Labute approximate surface area is 123 Å². The smallest absolute Gasteiger partial charge is 0.128 e. The number of hydrogen-bond acceptors (Lipinski definition) is 2. The van der Waals surface area contributed by atoms with Gasteiger partial charge in [-0.1, -0.05) is 29.8 Å². The van der Waals surface area contributed by atoms with E-state index in [0.29, 0.717) is 23.9 Å². The Kier molecular flexibility index (Phi) is 4.98. The van der Waals surface area contributed by atoms with Crippen LogP contribution in [0.4, 0.5) is 4.39 Å². The molecule has 0 amide bonds. The molecule has 19 heavy (non-hydrogen) atoms.